The molecule has 0 saturated carbocycles. The largest absolute Gasteiger partial charge is 0.451 e. The standard InChI is InChI=1S/C21H18F4N4OS/c22-15-6-2-4-8-17(15)28-9-11-29(12-10-28)18(30)13-31-19-14-5-1-3-7-16(14)26-20(27-19)21(23,24)25/h1-8H,9-13H2. The first-order chi connectivity index (χ1) is 14.8. The van der Waals surface area contributed by atoms with Gasteiger partial charge in [-0.1, -0.05) is 42.1 Å². The van der Waals surface area contributed by atoms with E-state index in [0.29, 0.717) is 37.3 Å². The molecule has 5 nitrogen and oxygen atoms in total. The smallest absolute Gasteiger partial charge is 0.366 e. The van der Waals surface area contributed by atoms with Gasteiger partial charge in [0.15, 0.2) is 0 Å². The van der Waals surface area contributed by atoms with E-state index in [0.717, 1.165) is 11.8 Å². The number of carbonyl (C=O) groups is 1. The third-order valence-electron chi connectivity index (χ3n) is 4.98. The maximum absolute atomic E-state index is 14.0. The van der Waals surface area contributed by atoms with Crippen molar-refractivity contribution in [1.82, 2.24) is 14.9 Å². The van der Waals surface area contributed by atoms with E-state index in [9.17, 15) is 22.4 Å². The number of alkyl halides is 3. The Labute approximate surface area is 180 Å². The fraction of sp³-hybridized carbons (Fsp3) is 0.286. The topological polar surface area (TPSA) is 49.3 Å². The van der Waals surface area contributed by atoms with Crippen LogP contribution in [0, 0.1) is 5.82 Å². The number of aromatic nitrogens is 2. The fourth-order valence-electron chi connectivity index (χ4n) is 3.41. The molecule has 3 aromatic rings. The highest BCUT2D eigenvalue weighted by molar-refractivity contribution is 8.00. The molecule has 0 N–H and O–H groups in total. The minimum Gasteiger partial charge on any atom is -0.366 e. The summed E-state index contributed by atoms with van der Waals surface area (Å²) < 4.78 is 53.4. The fourth-order valence-corrected chi connectivity index (χ4v) is 4.33. The van der Waals surface area contributed by atoms with Gasteiger partial charge in [-0.05, 0) is 18.2 Å². The van der Waals surface area contributed by atoms with Crippen LogP contribution in [0.3, 0.4) is 0 Å². The van der Waals surface area contributed by atoms with Gasteiger partial charge in [0, 0.05) is 31.6 Å². The SMILES string of the molecule is O=C(CSc1nc(C(F)(F)F)nc2ccccc12)N1CCN(c2ccccc2F)CC1. The van der Waals surface area contributed by atoms with E-state index in [2.05, 4.69) is 9.97 Å². The van der Waals surface area contributed by atoms with Gasteiger partial charge in [-0.15, -0.1) is 0 Å². The van der Waals surface area contributed by atoms with Crippen LogP contribution in [-0.2, 0) is 11.0 Å². The van der Waals surface area contributed by atoms with Crippen LogP contribution < -0.4 is 4.90 Å². The van der Waals surface area contributed by atoms with Gasteiger partial charge >= 0.3 is 6.18 Å². The zero-order valence-corrected chi connectivity index (χ0v) is 17.1. The maximum Gasteiger partial charge on any atom is 0.451 e. The molecule has 1 aromatic heterocycles. The van der Waals surface area contributed by atoms with Crippen molar-refractivity contribution >= 4 is 34.3 Å². The number of piperazine rings is 1. The number of hydrogen-bond donors (Lipinski definition) is 0. The molecule has 1 fully saturated rings. The molecule has 10 heteroatoms. The van der Waals surface area contributed by atoms with Crippen LogP contribution >= 0.6 is 11.8 Å². The second-order valence-electron chi connectivity index (χ2n) is 6.98. The molecule has 2 aromatic carbocycles. The second kappa shape index (κ2) is 8.70. The van der Waals surface area contributed by atoms with Gasteiger partial charge in [-0.3, -0.25) is 4.79 Å². The summed E-state index contributed by atoms with van der Waals surface area (Å²) in [7, 11) is 0. The van der Waals surface area contributed by atoms with Gasteiger partial charge in [0.1, 0.15) is 10.8 Å². The van der Waals surface area contributed by atoms with Crippen molar-refractivity contribution in [3.05, 3.63) is 60.2 Å². The van der Waals surface area contributed by atoms with Crippen molar-refractivity contribution in [2.24, 2.45) is 0 Å². The number of rotatable bonds is 4. The van der Waals surface area contributed by atoms with Gasteiger partial charge < -0.3 is 9.80 Å². The first kappa shape index (κ1) is 21.4. The first-order valence-corrected chi connectivity index (χ1v) is 10.6. The highest BCUT2D eigenvalue weighted by Crippen LogP contribution is 2.32. The van der Waals surface area contributed by atoms with Crippen molar-refractivity contribution in [3.8, 4) is 0 Å². The van der Waals surface area contributed by atoms with Gasteiger partial charge in [0.05, 0.1) is 17.0 Å². The van der Waals surface area contributed by atoms with E-state index in [1.54, 1.807) is 41.3 Å². The molecule has 1 amide bonds. The van der Waals surface area contributed by atoms with E-state index in [-0.39, 0.29) is 28.0 Å². The van der Waals surface area contributed by atoms with Crippen LogP contribution in [0.1, 0.15) is 5.82 Å². The Morgan fingerprint density at radius 2 is 1.65 bits per heavy atom. The van der Waals surface area contributed by atoms with Crippen LogP contribution in [0.4, 0.5) is 23.2 Å². The first-order valence-electron chi connectivity index (χ1n) is 9.57. The van der Waals surface area contributed by atoms with E-state index in [1.165, 1.54) is 12.1 Å². The molecule has 2 heterocycles. The lowest BCUT2D eigenvalue weighted by Gasteiger charge is -2.36. The van der Waals surface area contributed by atoms with E-state index in [1.807, 2.05) is 4.90 Å². The Bertz CT molecular complexity index is 1100. The number of halogens is 4. The molecule has 0 spiro atoms. The number of amides is 1. The van der Waals surface area contributed by atoms with Gasteiger partial charge in [0.2, 0.25) is 11.7 Å². The molecule has 0 bridgehead atoms. The van der Waals surface area contributed by atoms with Crippen molar-refractivity contribution in [3.63, 3.8) is 0 Å². The lowest BCUT2D eigenvalue weighted by atomic mass is 10.2. The van der Waals surface area contributed by atoms with Gasteiger partial charge in [0.25, 0.3) is 0 Å². The van der Waals surface area contributed by atoms with Crippen molar-refractivity contribution in [1.29, 1.82) is 0 Å². The minimum atomic E-state index is -4.67. The molecule has 0 aliphatic carbocycles. The highest BCUT2D eigenvalue weighted by atomic mass is 32.2. The summed E-state index contributed by atoms with van der Waals surface area (Å²) in [4.78, 5) is 23.4. The van der Waals surface area contributed by atoms with E-state index >= 15 is 0 Å². The lowest BCUT2D eigenvalue weighted by molar-refractivity contribution is -0.145. The van der Waals surface area contributed by atoms with Crippen molar-refractivity contribution in [2.45, 2.75) is 11.2 Å². The van der Waals surface area contributed by atoms with Crippen LogP contribution in [0.15, 0.2) is 53.6 Å². The second-order valence-corrected chi connectivity index (χ2v) is 7.94. The molecular formula is C21H18F4N4OS. The Balaban J connectivity index is 1.43. The predicted octanol–water partition coefficient (Wildman–Crippen LogP) is 4.23. The quantitative estimate of drug-likeness (QED) is 0.338. The number of para-hydroxylation sites is 2. The molecule has 1 aliphatic rings. The summed E-state index contributed by atoms with van der Waals surface area (Å²) in [5.74, 6) is -1.78. The van der Waals surface area contributed by atoms with Crippen molar-refractivity contribution < 1.29 is 22.4 Å². The Hall–Kier alpha value is -2.88. The number of nitrogens with zero attached hydrogens (tertiary/aromatic N) is 4. The number of fused-ring (bicyclic) bond motifs is 1. The van der Waals surface area contributed by atoms with Gasteiger partial charge in [-0.25, -0.2) is 14.4 Å². The number of thioether (sulfide) groups is 1. The summed E-state index contributed by atoms with van der Waals surface area (Å²) in [6, 6.07) is 12.9. The summed E-state index contributed by atoms with van der Waals surface area (Å²) in [6.07, 6.45) is -4.67. The third kappa shape index (κ3) is 4.73. The number of carbonyl (C=O) groups excluding carboxylic acids is 1. The summed E-state index contributed by atoms with van der Waals surface area (Å²) in [5, 5.41) is 0.592. The average Bonchev–Trinajstić information content (AvgIpc) is 2.77. The Kier molecular flexibility index (Phi) is 5.99. The monoisotopic (exact) mass is 450 g/mol. The minimum absolute atomic E-state index is 0.0436. The van der Waals surface area contributed by atoms with Crippen LogP contribution in [-0.4, -0.2) is 52.7 Å². The Morgan fingerprint density at radius 1 is 0.968 bits per heavy atom. The molecule has 4 rings (SSSR count). The number of benzene rings is 2. The van der Waals surface area contributed by atoms with Gasteiger partial charge in [-0.2, -0.15) is 13.2 Å². The molecule has 1 aliphatic heterocycles. The molecule has 162 valence electrons. The summed E-state index contributed by atoms with van der Waals surface area (Å²) in [6.45, 7) is 1.77. The van der Waals surface area contributed by atoms with Crippen molar-refractivity contribution in [2.75, 3.05) is 36.8 Å². The maximum atomic E-state index is 14.0. The van der Waals surface area contributed by atoms with Crippen LogP contribution in [0.25, 0.3) is 10.9 Å². The molecular weight excluding hydrogens is 432 g/mol. The lowest BCUT2D eigenvalue weighted by Crippen LogP contribution is -2.49. The van der Waals surface area contributed by atoms with Crippen LogP contribution in [0.5, 0.6) is 0 Å². The normalized spacial score (nSPS) is 14.8. The predicted molar refractivity (Wildman–Crippen MR) is 110 cm³/mol. The molecule has 0 unspecified atom stereocenters. The zero-order valence-electron chi connectivity index (χ0n) is 16.3. The summed E-state index contributed by atoms with van der Waals surface area (Å²) in [5.41, 5.74) is 0.675. The van der Waals surface area contributed by atoms with E-state index in [4.69, 9.17) is 0 Å². The highest BCUT2D eigenvalue weighted by Gasteiger charge is 2.35. The average molecular weight is 450 g/mol. The van der Waals surface area contributed by atoms with Crippen LogP contribution in [0.2, 0.25) is 0 Å². The molecule has 0 radical (unpaired) electrons. The number of anilines is 1. The Morgan fingerprint density at radius 3 is 2.35 bits per heavy atom. The number of hydrogen-bond acceptors (Lipinski definition) is 5. The summed E-state index contributed by atoms with van der Waals surface area (Å²) >= 11 is 0.966. The zero-order chi connectivity index (χ0) is 22.0. The molecule has 31 heavy (non-hydrogen) atoms. The van der Waals surface area contributed by atoms with E-state index < -0.39 is 12.0 Å². The molecule has 1 saturated heterocycles. The molecule has 0 atom stereocenters. The third-order valence-corrected chi connectivity index (χ3v) is 5.96.